The molecule has 1 saturated heterocycles. The first kappa shape index (κ1) is 2.65. The Kier molecular flexibility index (Phi) is 0.801. The van der Waals surface area contributed by atoms with Crippen molar-refractivity contribution in [3.63, 3.8) is 0 Å². The Morgan fingerprint density at radius 3 is 2.60 bits per heavy atom. The highest BCUT2D eigenvalue weighted by Crippen LogP contribution is 2.23. The molecule has 82 valence electrons. The maximum atomic E-state index is 8.56. The lowest BCUT2D eigenvalue weighted by atomic mass is 10.1. The van der Waals surface area contributed by atoms with Gasteiger partial charge in [-0.25, -0.2) is 0 Å². The molecule has 1 aromatic rings. The molecule has 15 heavy (non-hydrogen) atoms. The van der Waals surface area contributed by atoms with E-state index in [1.54, 1.807) is 0 Å². The van der Waals surface area contributed by atoms with E-state index in [4.69, 9.17) is 21.9 Å². The molecule has 0 radical (unpaired) electrons. The molecule has 0 bridgehead atoms. The van der Waals surface area contributed by atoms with Gasteiger partial charge in [0.2, 0.25) is 0 Å². The van der Waals surface area contributed by atoms with Gasteiger partial charge in [0.15, 0.2) is 0 Å². The average Bonchev–Trinajstić information content (AvgIpc) is 2.56. The zero-order valence-corrected chi connectivity index (χ0v) is 8.91. The van der Waals surface area contributed by atoms with Crippen LogP contribution >= 0.6 is 15.9 Å². The molecule has 2 nitrogen and oxygen atoms in total. The van der Waals surface area contributed by atoms with Crippen molar-refractivity contribution in [3.05, 3.63) is 28.6 Å². The molecule has 0 spiro atoms. The first-order chi connectivity index (χ1) is 13.5. The van der Waals surface area contributed by atoms with Gasteiger partial charge in [-0.3, -0.25) is 0 Å². The van der Waals surface area contributed by atoms with E-state index in [1.165, 1.54) is 5.32 Å². The number of halogens is 1. The highest BCUT2D eigenvalue weighted by molar-refractivity contribution is 9.10. The molecule has 2 atom stereocenters. The third-order valence-corrected chi connectivity index (χ3v) is 2.01. The molecule has 2 rings (SSSR count). The fourth-order valence-corrected chi connectivity index (χ4v) is 1.20. The Hall–Kier alpha value is -0.540. The summed E-state index contributed by atoms with van der Waals surface area (Å²) in [6.07, 6.45) is 0. The highest BCUT2D eigenvalue weighted by Gasteiger charge is 2.24. The van der Waals surface area contributed by atoms with Gasteiger partial charge in [0.25, 0.3) is 0 Å². The van der Waals surface area contributed by atoms with Crippen LogP contribution in [0.3, 0.4) is 0 Å². The van der Waals surface area contributed by atoms with E-state index in [-0.39, 0.29) is 9.37 Å². The fraction of sp³-hybridized carbons (Fsp3) is 0.500. The van der Waals surface area contributed by atoms with Gasteiger partial charge in [-0.15, -0.1) is 0 Å². The Morgan fingerprint density at radius 2 is 2.07 bits per heavy atom. The minimum atomic E-state index is -3.76. The maximum absolute atomic E-state index is 8.56. The number of piperazine rings is 1. The number of nitrogens with one attached hydrogen (secondary N) is 1. The summed E-state index contributed by atoms with van der Waals surface area (Å²) in [7, 11) is 0. The summed E-state index contributed by atoms with van der Waals surface area (Å²) >= 11 is 2.81. The molecule has 1 N–H and O–H groups in total. The number of rotatable bonds is 1. The molecule has 1 aliphatic rings. The predicted molar refractivity (Wildman–Crippen MR) is 68.4 cm³/mol. The summed E-state index contributed by atoms with van der Waals surface area (Å²) in [6, 6.07) is -11.3. The van der Waals surface area contributed by atoms with Crippen LogP contribution in [0.5, 0.6) is 0 Å². The molecule has 0 aliphatic carbocycles. The van der Waals surface area contributed by atoms with Gasteiger partial charge in [-0.1, -0.05) is 15.9 Å². The Labute approximate surface area is 122 Å². The topological polar surface area (TPSA) is 15.3 Å². The van der Waals surface area contributed by atoms with E-state index in [0.717, 1.165) is 0 Å². The maximum Gasteiger partial charge on any atom is 0.0645 e. The summed E-state index contributed by atoms with van der Waals surface area (Å²) in [5.74, 6) is 0. The van der Waals surface area contributed by atoms with Gasteiger partial charge >= 0.3 is 0 Å². The SMILES string of the molecule is [2H]c1c([2H])c(N2C([2H])(C([2H])([2H])[2H])C([2H])([2H])NC([2H])([2H])C2([2H])C([2H])([2H])[2H])c([2H])c([2H])c1Br. The van der Waals surface area contributed by atoms with Crippen molar-refractivity contribution in [3.8, 4) is 0 Å². The molecular weight excluding hydrogens is 252 g/mol. The summed E-state index contributed by atoms with van der Waals surface area (Å²) in [5, 5.41) is 1.51. The second-order valence-electron chi connectivity index (χ2n) is 2.57. The monoisotopic (exact) mass is 284 g/mol. The van der Waals surface area contributed by atoms with Crippen molar-refractivity contribution in [2.24, 2.45) is 0 Å². The van der Waals surface area contributed by atoms with E-state index < -0.39 is 68.6 Å². The van der Waals surface area contributed by atoms with Crippen LogP contribution < -0.4 is 10.2 Å². The third-order valence-electron chi connectivity index (χ3n) is 1.61. The average molecular weight is 285 g/mol. The van der Waals surface area contributed by atoms with Crippen LogP contribution in [0.15, 0.2) is 28.6 Å². The second kappa shape index (κ2) is 4.54. The Balaban J connectivity index is 3.22. The van der Waals surface area contributed by atoms with Crippen LogP contribution in [0.2, 0.25) is 0 Å². The third kappa shape index (κ3) is 2.34. The summed E-state index contributed by atoms with van der Waals surface area (Å²) in [6.45, 7) is -14.6. The van der Waals surface area contributed by atoms with Crippen molar-refractivity contribution in [2.75, 3.05) is 17.9 Å². The van der Waals surface area contributed by atoms with Crippen LogP contribution in [0.4, 0.5) is 5.69 Å². The normalized spacial score (nSPS) is 60.5. The van der Waals surface area contributed by atoms with Gasteiger partial charge in [0, 0.05) is 48.9 Å². The van der Waals surface area contributed by atoms with Crippen LogP contribution in [0, 0.1) is 0 Å². The van der Waals surface area contributed by atoms with Gasteiger partial charge < -0.3 is 10.2 Å². The molecule has 0 saturated carbocycles. The highest BCUT2D eigenvalue weighted by atomic mass is 79.9. The van der Waals surface area contributed by atoms with E-state index in [9.17, 15) is 0 Å². The van der Waals surface area contributed by atoms with E-state index in [0.29, 0.717) is 0 Å². The molecule has 1 aliphatic heterocycles. The van der Waals surface area contributed by atoms with Crippen molar-refractivity contribution in [2.45, 2.75) is 25.7 Å². The van der Waals surface area contributed by atoms with Crippen molar-refractivity contribution >= 4 is 21.6 Å². The first-order valence-corrected chi connectivity index (χ1v) is 4.65. The van der Waals surface area contributed by atoms with Crippen molar-refractivity contribution < 1.29 is 21.9 Å². The first-order valence-electron chi connectivity index (χ1n) is 11.9. The Bertz CT molecular complexity index is 842. The number of benzene rings is 1. The number of nitrogens with zero attached hydrogens (tertiary/aromatic N) is 1. The summed E-state index contributed by atoms with van der Waals surface area (Å²) in [5.41, 5.74) is -1.20. The predicted octanol–water partition coefficient (Wildman–Crippen LogP) is 2.64. The van der Waals surface area contributed by atoms with Gasteiger partial charge in [0.1, 0.15) is 0 Å². The minimum Gasteiger partial charge on any atom is -0.364 e. The lowest BCUT2D eigenvalue weighted by Gasteiger charge is -2.41. The molecule has 1 fully saturated rings. The van der Waals surface area contributed by atoms with Crippen LogP contribution in [-0.4, -0.2) is 25.0 Å². The standard InChI is InChI=1S/C12H17BrN2/c1-9-7-14-8-10(2)15(9)12-5-3-11(13)4-6-12/h3-6,9-10,14H,7-8H2,1-2H3/i1D3,2D3,3D,4D,5D,6D,7D2,8D2,9D,10D. The van der Waals surface area contributed by atoms with Crippen molar-refractivity contribution in [1.82, 2.24) is 5.32 Å². The van der Waals surface area contributed by atoms with Gasteiger partial charge in [-0.05, 0) is 37.9 Å². The number of anilines is 1. The van der Waals surface area contributed by atoms with E-state index >= 15 is 0 Å². The van der Waals surface area contributed by atoms with Crippen LogP contribution in [-0.2, 0) is 0 Å². The zero-order chi connectivity index (χ0) is 24.7. The number of hydrogen-bond donors (Lipinski definition) is 1. The second-order valence-corrected chi connectivity index (χ2v) is 3.36. The smallest absolute Gasteiger partial charge is 0.0645 e. The summed E-state index contributed by atoms with van der Waals surface area (Å²) in [4.78, 5) is -0.288. The molecule has 3 heteroatoms. The zero-order valence-electron chi connectivity index (χ0n) is 23.3. The molecule has 2 unspecified atom stereocenters. The van der Waals surface area contributed by atoms with E-state index in [1.807, 2.05) is 0 Å². The molecule has 1 heterocycles. The van der Waals surface area contributed by atoms with E-state index in [2.05, 4.69) is 15.9 Å². The number of hydrogen-bond acceptors (Lipinski definition) is 2. The summed E-state index contributed by atoms with van der Waals surface area (Å²) < 4.78 is 128. The van der Waals surface area contributed by atoms with Gasteiger partial charge in [0.05, 0.1) is 8.22 Å². The molecular formula is C12H17BrN2. The minimum absolute atomic E-state index is 0.288. The van der Waals surface area contributed by atoms with Crippen molar-refractivity contribution in [1.29, 1.82) is 0 Å². The molecule has 0 amide bonds. The Morgan fingerprint density at radius 1 is 1.47 bits per heavy atom. The lowest BCUT2D eigenvalue weighted by Crippen LogP contribution is -2.55. The quantitative estimate of drug-likeness (QED) is 0.853. The molecule has 0 aromatic heterocycles. The largest absolute Gasteiger partial charge is 0.364 e. The van der Waals surface area contributed by atoms with Gasteiger partial charge in [-0.2, -0.15) is 0 Å². The van der Waals surface area contributed by atoms with Crippen LogP contribution in [0.25, 0.3) is 0 Å². The van der Waals surface area contributed by atoms with Crippen LogP contribution in [0.1, 0.15) is 35.6 Å². The fourth-order valence-electron chi connectivity index (χ4n) is 0.999. The molecule has 1 aromatic carbocycles. The lowest BCUT2D eigenvalue weighted by molar-refractivity contribution is 0.432.